The molecule has 0 bridgehead atoms. The molecule has 0 aliphatic heterocycles. The van der Waals surface area contributed by atoms with Gasteiger partial charge in [0.1, 0.15) is 0 Å². The summed E-state index contributed by atoms with van der Waals surface area (Å²) in [5.41, 5.74) is 9.96. The molecule has 13 aromatic rings. The van der Waals surface area contributed by atoms with Crippen LogP contribution in [-0.4, -0.2) is 0 Å². The smallest absolute Gasteiger partial charge is 0.00203 e. The van der Waals surface area contributed by atoms with E-state index in [4.69, 9.17) is 0 Å². The predicted molar refractivity (Wildman–Crippen MR) is 251 cm³/mol. The van der Waals surface area contributed by atoms with E-state index in [9.17, 15) is 0 Å². The van der Waals surface area contributed by atoms with Crippen LogP contribution in [0.25, 0.3) is 131 Å². The fourth-order valence-corrected chi connectivity index (χ4v) is 10.4. The zero-order valence-electron chi connectivity index (χ0n) is 31.6. The Labute approximate surface area is 335 Å². The van der Waals surface area contributed by atoms with Gasteiger partial charge >= 0.3 is 0 Å². The van der Waals surface area contributed by atoms with Crippen molar-refractivity contribution in [1.29, 1.82) is 0 Å². The monoisotopic (exact) mass is 730 g/mol. The lowest BCUT2D eigenvalue weighted by Crippen LogP contribution is -1.94. The van der Waals surface area contributed by atoms with Gasteiger partial charge in [0, 0.05) is 0 Å². The van der Waals surface area contributed by atoms with Crippen LogP contribution in [0.15, 0.2) is 206 Å². The van der Waals surface area contributed by atoms with Gasteiger partial charge in [0.2, 0.25) is 0 Å². The third-order valence-electron chi connectivity index (χ3n) is 12.9. The highest BCUT2D eigenvalue weighted by Crippen LogP contribution is 2.48. The average molecular weight is 731 g/mol. The first-order valence-electron chi connectivity index (χ1n) is 20.2. The minimum Gasteiger partial charge on any atom is -0.0622 e. The Kier molecular flexibility index (Phi) is 6.54. The molecule has 0 saturated heterocycles. The number of hydrogen-bond acceptors (Lipinski definition) is 0. The van der Waals surface area contributed by atoms with Crippen molar-refractivity contribution in [2.45, 2.75) is 0 Å². The molecule has 0 amide bonds. The van der Waals surface area contributed by atoms with Crippen LogP contribution in [0.2, 0.25) is 0 Å². The Morgan fingerprint density at radius 1 is 0.190 bits per heavy atom. The summed E-state index contributed by atoms with van der Waals surface area (Å²) < 4.78 is 0. The molecule has 58 heavy (non-hydrogen) atoms. The first-order valence-corrected chi connectivity index (χ1v) is 20.2. The van der Waals surface area contributed by atoms with Crippen LogP contribution in [0.3, 0.4) is 0 Å². The first kappa shape index (κ1) is 31.6. The quantitative estimate of drug-likeness (QED) is 0.158. The topological polar surface area (TPSA) is 0 Å². The Bertz CT molecular complexity index is 3480. The van der Waals surface area contributed by atoms with Crippen molar-refractivity contribution in [3.8, 4) is 44.5 Å². The van der Waals surface area contributed by atoms with Crippen LogP contribution >= 0.6 is 0 Å². The summed E-state index contributed by atoms with van der Waals surface area (Å²) in [7, 11) is 0. The van der Waals surface area contributed by atoms with Gasteiger partial charge in [-0.05, 0) is 143 Å². The molecule has 13 aromatic carbocycles. The SMILES string of the molecule is c1ccc(-c2c(-c3ccccc3)c3ccc(-c4ccc5ccc6cccc7ccc4c5c67)cc3c3cc(-c4ccc5ccc6cccc7ccc4c5c67)ccc23)cc1. The van der Waals surface area contributed by atoms with Gasteiger partial charge in [0.05, 0.1) is 0 Å². The Morgan fingerprint density at radius 3 is 0.948 bits per heavy atom. The molecule has 13 rings (SSSR count). The van der Waals surface area contributed by atoms with Crippen molar-refractivity contribution in [3.05, 3.63) is 206 Å². The van der Waals surface area contributed by atoms with Gasteiger partial charge in [0.15, 0.2) is 0 Å². The van der Waals surface area contributed by atoms with Gasteiger partial charge < -0.3 is 0 Å². The molecule has 0 saturated carbocycles. The second-order valence-electron chi connectivity index (χ2n) is 15.9. The van der Waals surface area contributed by atoms with Crippen LogP contribution in [-0.2, 0) is 0 Å². The standard InChI is InChI=1S/C58H34/c1-3-9-35(10-4-1)57-49-31-25-43(45-27-21-41-19-17-37-13-7-15-39-23-29-47(45)55(41)53(37)39)33-51(49)52-34-44(26-32-50(52)58(57)36-11-5-2-6-12-36)46-28-22-42-20-18-38-14-8-16-40-24-30-48(46)56(42)54(38)40/h1-34H. The summed E-state index contributed by atoms with van der Waals surface area (Å²) in [6, 6.07) is 77.3. The van der Waals surface area contributed by atoms with Crippen molar-refractivity contribution in [1.82, 2.24) is 0 Å². The maximum atomic E-state index is 2.47. The second-order valence-corrected chi connectivity index (χ2v) is 15.9. The molecule has 0 N–H and O–H groups in total. The maximum absolute atomic E-state index is 2.47. The summed E-state index contributed by atoms with van der Waals surface area (Å²) in [5, 5.41) is 20.7. The van der Waals surface area contributed by atoms with Crippen molar-refractivity contribution in [2.75, 3.05) is 0 Å². The third-order valence-corrected chi connectivity index (χ3v) is 12.9. The van der Waals surface area contributed by atoms with Gasteiger partial charge in [-0.15, -0.1) is 0 Å². The van der Waals surface area contributed by atoms with Gasteiger partial charge in [0.25, 0.3) is 0 Å². The van der Waals surface area contributed by atoms with E-state index in [1.54, 1.807) is 0 Å². The Morgan fingerprint density at radius 2 is 0.534 bits per heavy atom. The molecule has 0 aliphatic rings. The van der Waals surface area contributed by atoms with Gasteiger partial charge in [-0.25, -0.2) is 0 Å². The van der Waals surface area contributed by atoms with Crippen LogP contribution < -0.4 is 0 Å². The molecule has 0 aromatic heterocycles. The van der Waals surface area contributed by atoms with Gasteiger partial charge in [-0.3, -0.25) is 0 Å². The molecule has 0 radical (unpaired) electrons. The molecular formula is C58H34. The molecule has 0 fully saturated rings. The van der Waals surface area contributed by atoms with Gasteiger partial charge in [-0.2, -0.15) is 0 Å². The molecule has 0 aliphatic carbocycles. The van der Waals surface area contributed by atoms with E-state index in [0.29, 0.717) is 0 Å². The molecule has 266 valence electrons. The highest BCUT2D eigenvalue weighted by atomic mass is 14.2. The lowest BCUT2D eigenvalue weighted by atomic mass is 9.82. The van der Waals surface area contributed by atoms with Gasteiger partial charge in [-0.1, -0.05) is 194 Å². The fourth-order valence-electron chi connectivity index (χ4n) is 10.4. The Hall–Kier alpha value is -7.54. The van der Waals surface area contributed by atoms with E-state index >= 15 is 0 Å². The Balaban J connectivity index is 1.14. The minimum absolute atomic E-state index is 1.22. The van der Waals surface area contributed by atoms with Crippen molar-refractivity contribution >= 4 is 86.2 Å². The highest BCUT2D eigenvalue weighted by Gasteiger charge is 2.21. The summed E-state index contributed by atoms with van der Waals surface area (Å²) >= 11 is 0. The zero-order chi connectivity index (χ0) is 37.9. The average Bonchev–Trinajstić information content (AvgIpc) is 3.29. The normalized spacial score (nSPS) is 12.1. The summed E-state index contributed by atoms with van der Waals surface area (Å²) in [6.45, 7) is 0. The van der Waals surface area contributed by atoms with Crippen LogP contribution in [0.5, 0.6) is 0 Å². The van der Waals surface area contributed by atoms with Crippen LogP contribution in [0.1, 0.15) is 0 Å². The summed E-state index contributed by atoms with van der Waals surface area (Å²) in [6.07, 6.45) is 0. The second kappa shape index (κ2) is 12.0. The third kappa shape index (κ3) is 4.46. The first-order chi connectivity index (χ1) is 28.8. The van der Waals surface area contributed by atoms with Crippen molar-refractivity contribution in [3.63, 3.8) is 0 Å². The zero-order valence-corrected chi connectivity index (χ0v) is 31.6. The van der Waals surface area contributed by atoms with E-state index in [1.165, 1.54) is 131 Å². The number of hydrogen-bond donors (Lipinski definition) is 0. The maximum Gasteiger partial charge on any atom is -0.00203 e. The lowest BCUT2D eigenvalue weighted by Gasteiger charge is -2.21. The van der Waals surface area contributed by atoms with Crippen LogP contribution in [0.4, 0.5) is 0 Å². The minimum atomic E-state index is 1.22. The number of benzene rings is 13. The summed E-state index contributed by atoms with van der Waals surface area (Å²) in [4.78, 5) is 0. The van der Waals surface area contributed by atoms with E-state index < -0.39 is 0 Å². The fraction of sp³-hybridized carbons (Fsp3) is 0. The number of rotatable bonds is 4. The van der Waals surface area contributed by atoms with E-state index in [0.717, 1.165) is 0 Å². The largest absolute Gasteiger partial charge is 0.0622 e. The molecule has 0 atom stereocenters. The van der Waals surface area contributed by atoms with Crippen LogP contribution in [0, 0.1) is 0 Å². The lowest BCUT2D eigenvalue weighted by molar-refractivity contribution is 1.62. The highest BCUT2D eigenvalue weighted by molar-refractivity contribution is 6.28. The predicted octanol–water partition coefficient (Wildman–Crippen LogP) is 16.5. The summed E-state index contributed by atoms with van der Waals surface area (Å²) in [5.74, 6) is 0. The molecular weight excluding hydrogens is 697 g/mol. The van der Waals surface area contributed by atoms with Crippen molar-refractivity contribution in [2.24, 2.45) is 0 Å². The molecule has 0 heterocycles. The molecule has 0 unspecified atom stereocenters. The number of fused-ring (bicyclic) bond motifs is 3. The molecule has 0 heteroatoms. The van der Waals surface area contributed by atoms with E-state index in [1.807, 2.05) is 0 Å². The van der Waals surface area contributed by atoms with E-state index in [-0.39, 0.29) is 0 Å². The molecule has 0 spiro atoms. The van der Waals surface area contributed by atoms with Crippen molar-refractivity contribution < 1.29 is 0 Å². The molecule has 0 nitrogen and oxygen atoms in total. The van der Waals surface area contributed by atoms with E-state index in [2.05, 4.69) is 206 Å².